The molecule has 5 heteroatoms. The first-order valence-electron chi connectivity index (χ1n) is 13.9. The van der Waals surface area contributed by atoms with Crippen LogP contribution in [0.4, 0.5) is 0 Å². The van der Waals surface area contributed by atoms with Crippen molar-refractivity contribution in [3.63, 3.8) is 0 Å². The molecule has 35 heavy (non-hydrogen) atoms. The molecule has 5 nitrogen and oxygen atoms in total. The number of rotatable bonds is 3. The average molecular weight is 472 g/mol. The van der Waals surface area contributed by atoms with Crippen molar-refractivity contribution in [2.24, 2.45) is 23.2 Å². The number of fused-ring (bicyclic) bond motifs is 1. The van der Waals surface area contributed by atoms with Gasteiger partial charge >= 0.3 is 0 Å². The Hall–Kier alpha value is -2.40. The summed E-state index contributed by atoms with van der Waals surface area (Å²) in [4.78, 5) is 33.4. The molecule has 3 aliphatic carbocycles. The molecule has 2 aromatic rings. The highest BCUT2D eigenvalue weighted by Gasteiger charge is 2.55. The van der Waals surface area contributed by atoms with Crippen LogP contribution in [0, 0.1) is 23.2 Å². The third kappa shape index (κ3) is 3.78. The van der Waals surface area contributed by atoms with Crippen LogP contribution in [0.15, 0.2) is 47.3 Å². The van der Waals surface area contributed by atoms with Crippen LogP contribution in [0.5, 0.6) is 0 Å². The molecule has 4 fully saturated rings. The number of amides is 1. The van der Waals surface area contributed by atoms with Gasteiger partial charge in [0.25, 0.3) is 5.91 Å². The highest BCUT2D eigenvalue weighted by molar-refractivity contribution is 5.92. The van der Waals surface area contributed by atoms with Crippen LogP contribution in [0.1, 0.15) is 66.6 Å². The lowest BCUT2D eigenvalue weighted by Crippen LogP contribution is -2.55. The van der Waals surface area contributed by atoms with Crippen LogP contribution in [-0.4, -0.2) is 52.4 Å². The third-order valence-corrected chi connectivity index (χ3v) is 10.2. The largest absolute Gasteiger partial charge is 0.334 e. The first-order valence-corrected chi connectivity index (χ1v) is 13.9. The van der Waals surface area contributed by atoms with Gasteiger partial charge < -0.3 is 9.88 Å². The van der Waals surface area contributed by atoms with Crippen molar-refractivity contribution < 1.29 is 4.79 Å². The van der Waals surface area contributed by atoms with Gasteiger partial charge in [-0.05, 0) is 105 Å². The maximum Gasteiger partial charge on any atom is 0.270 e. The van der Waals surface area contributed by atoms with Crippen molar-refractivity contribution in [2.45, 2.75) is 69.9 Å². The summed E-state index contributed by atoms with van der Waals surface area (Å²) in [5.74, 6) is 1.98. The first-order chi connectivity index (χ1) is 17.1. The van der Waals surface area contributed by atoms with E-state index in [1.165, 1.54) is 69.7 Å². The summed E-state index contributed by atoms with van der Waals surface area (Å²) < 4.78 is 0. The summed E-state index contributed by atoms with van der Waals surface area (Å²) in [6.07, 6.45) is 11.3. The second-order valence-electron chi connectivity index (χ2n) is 12.2. The van der Waals surface area contributed by atoms with Crippen molar-refractivity contribution in [3.05, 3.63) is 69.6 Å². The minimum atomic E-state index is -0.199. The number of pyridine rings is 1. The molecule has 1 aromatic carbocycles. The Balaban J connectivity index is 1.28. The summed E-state index contributed by atoms with van der Waals surface area (Å²) in [7, 11) is 0. The Morgan fingerprint density at radius 1 is 1.00 bits per heavy atom. The molecule has 2 saturated heterocycles. The summed E-state index contributed by atoms with van der Waals surface area (Å²) in [6.45, 7) is 3.39. The zero-order valence-corrected chi connectivity index (χ0v) is 20.6. The summed E-state index contributed by atoms with van der Waals surface area (Å²) in [6, 6.07) is 15.0. The second kappa shape index (κ2) is 8.33. The number of piperidine rings is 1. The van der Waals surface area contributed by atoms with E-state index in [0.717, 1.165) is 25.3 Å². The molecular formula is C30H37N3O2. The Morgan fingerprint density at radius 2 is 1.83 bits per heavy atom. The number of hydrogen-bond donors (Lipinski definition) is 1. The number of carbonyl (C=O) groups is 1. The lowest BCUT2D eigenvalue weighted by Gasteiger charge is -2.52. The molecular weight excluding hydrogens is 434 g/mol. The van der Waals surface area contributed by atoms with E-state index in [4.69, 9.17) is 0 Å². The lowest BCUT2D eigenvalue weighted by atomic mass is 9.64. The van der Waals surface area contributed by atoms with Crippen molar-refractivity contribution in [1.29, 1.82) is 0 Å². The fraction of sp³-hybridized carbons (Fsp3) is 0.600. The molecule has 4 unspecified atom stereocenters. The van der Waals surface area contributed by atoms with E-state index in [9.17, 15) is 9.59 Å². The first kappa shape index (κ1) is 21.8. The van der Waals surface area contributed by atoms with Gasteiger partial charge in [0.1, 0.15) is 5.69 Å². The normalized spacial score (nSPS) is 34.3. The molecule has 2 saturated carbocycles. The number of aromatic nitrogens is 1. The molecule has 1 N–H and O–H groups in total. The molecule has 1 amide bonds. The minimum absolute atomic E-state index is 0.0112. The number of aromatic amines is 1. The van der Waals surface area contributed by atoms with Gasteiger partial charge in [0.2, 0.25) is 5.56 Å². The monoisotopic (exact) mass is 471 g/mol. The van der Waals surface area contributed by atoms with Crippen LogP contribution >= 0.6 is 0 Å². The maximum atomic E-state index is 13.6. The molecule has 4 bridgehead atoms. The van der Waals surface area contributed by atoms with Crippen LogP contribution in [-0.2, 0) is 12.8 Å². The molecule has 0 radical (unpaired) electrons. The molecule has 1 spiro atoms. The fourth-order valence-electron chi connectivity index (χ4n) is 8.47. The zero-order valence-electron chi connectivity index (χ0n) is 20.6. The smallest absolute Gasteiger partial charge is 0.270 e. The van der Waals surface area contributed by atoms with E-state index in [0.29, 0.717) is 29.0 Å². The van der Waals surface area contributed by atoms with Gasteiger partial charge in [0, 0.05) is 31.2 Å². The van der Waals surface area contributed by atoms with E-state index >= 15 is 0 Å². The molecule has 5 atom stereocenters. The number of carbonyl (C=O) groups excluding carboxylic acids is 1. The summed E-state index contributed by atoms with van der Waals surface area (Å²) in [5, 5.41) is 0. The summed E-state index contributed by atoms with van der Waals surface area (Å²) in [5.41, 5.74) is 3.66. The molecule has 3 heterocycles. The minimum Gasteiger partial charge on any atom is -0.334 e. The highest BCUT2D eigenvalue weighted by atomic mass is 16.2. The predicted molar refractivity (Wildman–Crippen MR) is 136 cm³/mol. The molecule has 5 aliphatic rings. The molecule has 184 valence electrons. The van der Waals surface area contributed by atoms with Crippen LogP contribution in [0.2, 0.25) is 0 Å². The van der Waals surface area contributed by atoms with Crippen molar-refractivity contribution in [2.75, 3.05) is 19.6 Å². The van der Waals surface area contributed by atoms with E-state index in [-0.39, 0.29) is 17.5 Å². The number of likely N-dealkylation sites (tertiary alicyclic amines) is 2. The van der Waals surface area contributed by atoms with Gasteiger partial charge in [-0.25, -0.2) is 0 Å². The number of hydrogen-bond acceptors (Lipinski definition) is 3. The van der Waals surface area contributed by atoms with E-state index in [2.05, 4.69) is 39.0 Å². The number of H-pyrrole nitrogens is 1. The predicted octanol–water partition coefficient (Wildman–Crippen LogP) is 4.28. The quantitative estimate of drug-likeness (QED) is 0.727. The Morgan fingerprint density at radius 3 is 2.63 bits per heavy atom. The van der Waals surface area contributed by atoms with Crippen molar-refractivity contribution in [1.82, 2.24) is 14.8 Å². The third-order valence-electron chi connectivity index (χ3n) is 10.2. The lowest BCUT2D eigenvalue weighted by molar-refractivity contribution is -0.0160. The van der Waals surface area contributed by atoms with Crippen LogP contribution in [0.3, 0.4) is 0 Å². The van der Waals surface area contributed by atoms with Gasteiger partial charge in [0.15, 0.2) is 0 Å². The van der Waals surface area contributed by atoms with E-state index in [1.807, 2.05) is 0 Å². The van der Waals surface area contributed by atoms with Gasteiger partial charge in [-0.3, -0.25) is 14.5 Å². The zero-order chi connectivity index (χ0) is 23.6. The Bertz CT molecular complexity index is 1190. The average Bonchev–Trinajstić information content (AvgIpc) is 3.62. The van der Waals surface area contributed by atoms with Crippen LogP contribution in [0.25, 0.3) is 0 Å². The highest BCUT2D eigenvalue weighted by Crippen LogP contribution is 2.55. The van der Waals surface area contributed by atoms with E-state index in [1.54, 1.807) is 17.7 Å². The topological polar surface area (TPSA) is 56.4 Å². The van der Waals surface area contributed by atoms with E-state index < -0.39 is 0 Å². The SMILES string of the molecule is O=C(c1cccc(=O)[nH]1)N1C[C@H]2CC34CCCN(CC5CC5)C3Cc3ccccc3CC2C1CC4. The number of nitrogens with zero attached hydrogens (tertiary/aromatic N) is 2. The molecule has 2 aliphatic heterocycles. The number of benzene rings is 1. The Labute approximate surface area is 207 Å². The van der Waals surface area contributed by atoms with Crippen molar-refractivity contribution >= 4 is 5.91 Å². The van der Waals surface area contributed by atoms with Gasteiger partial charge in [-0.1, -0.05) is 30.3 Å². The van der Waals surface area contributed by atoms with Crippen LogP contribution < -0.4 is 5.56 Å². The second-order valence-corrected chi connectivity index (χ2v) is 12.2. The standard InChI is InChI=1S/C30H37N3O2/c34-28-8-3-7-25(31-28)29(35)33-19-23-17-30-12-4-14-32(18-20-9-10-20)27(30)16-22-6-2-1-5-21(22)15-24(23)26(33)11-13-30/h1-3,5-8,20,23-24,26-27H,4,9-19H2,(H,31,34)/t23-,24?,26?,27?,30?/m1/s1. The Kier molecular flexibility index (Phi) is 5.20. The van der Waals surface area contributed by atoms with Gasteiger partial charge in [-0.2, -0.15) is 0 Å². The maximum absolute atomic E-state index is 13.6. The van der Waals surface area contributed by atoms with Crippen molar-refractivity contribution in [3.8, 4) is 0 Å². The van der Waals surface area contributed by atoms with Gasteiger partial charge in [-0.15, -0.1) is 0 Å². The number of nitrogens with one attached hydrogen (secondary N) is 1. The molecule has 7 rings (SSSR count). The molecule has 1 aromatic heterocycles. The van der Waals surface area contributed by atoms with Gasteiger partial charge in [0.05, 0.1) is 0 Å². The fourth-order valence-corrected chi connectivity index (χ4v) is 8.47. The summed E-state index contributed by atoms with van der Waals surface area (Å²) >= 11 is 0.